The number of benzene rings is 2. The second kappa shape index (κ2) is 8.41. The second-order valence-electron chi connectivity index (χ2n) is 6.27. The lowest BCUT2D eigenvalue weighted by Gasteiger charge is -2.20. The summed E-state index contributed by atoms with van der Waals surface area (Å²) in [5.74, 6) is 1.40. The number of carbonyl (C=O) groups excluding carboxylic acids is 1. The van der Waals surface area contributed by atoms with Gasteiger partial charge in [0, 0.05) is 12.3 Å². The molecule has 136 valence electrons. The van der Waals surface area contributed by atoms with E-state index in [0.29, 0.717) is 31.0 Å². The third kappa shape index (κ3) is 4.10. The van der Waals surface area contributed by atoms with Crippen LogP contribution in [0.15, 0.2) is 47.5 Å². The lowest BCUT2D eigenvalue weighted by Crippen LogP contribution is -2.33. The molecule has 0 atom stereocenters. The molecule has 3 rings (SSSR count). The number of amides is 1. The molecule has 1 aliphatic rings. The summed E-state index contributed by atoms with van der Waals surface area (Å²) in [7, 11) is 0. The maximum absolute atomic E-state index is 13.0. The van der Waals surface area contributed by atoms with E-state index in [4.69, 9.17) is 4.74 Å². The summed E-state index contributed by atoms with van der Waals surface area (Å²) >= 11 is 1.62. The van der Waals surface area contributed by atoms with Crippen LogP contribution in [-0.4, -0.2) is 35.7 Å². The van der Waals surface area contributed by atoms with Gasteiger partial charge in [-0.05, 0) is 44.0 Å². The Labute approximate surface area is 159 Å². The van der Waals surface area contributed by atoms with Crippen LogP contribution in [-0.2, 0) is 5.75 Å². The van der Waals surface area contributed by atoms with Crippen molar-refractivity contribution in [2.75, 3.05) is 19.7 Å². The summed E-state index contributed by atoms with van der Waals surface area (Å²) in [4.78, 5) is 19.4. The average Bonchev–Trinajstić information content (AvgIpc) is 3.11. The van der Waals surface area contributed by atoms with Crippen LogP contribution >= 0.6 is 11.8 Å². The van der Waals surface area contributed by atoms with Crippen molar-refractivity contribution in [2.45, 2.75) is 26.5 Å². The normalized spacial score (nSPS) is 13.7. The van der Waals surface area contributed by atoms with Crippen molar-refractivity contribution in [3.63, 3.8) is 0 Å². The summed E-state index contributed by atoms with van der Waals surface area (Å²) in [5, 5.41) is 0.794. The van der Waals surface area contributed by atoms with E-state index in [2.05, 4.69) is 37.0 Å². The standard InChI is InChI=1S/C21H24N2O2S/c1-4-25-19-8-6-5-7-18(19)20(24)23-12-11-22-21(23)26-14-17-13-15(2)9-10-16(17)3/h5-10,13H,4,11-12,14H2,1-3H3. The number of hydrogen-bond acceptors (Lipinski definition) is 4. The Kier molecular flexibility index (Phi) is 5.99. The molecule has 1 amide bonds. The molecule has 1 aliphatic heterocycles. The van der Waals surface area contributed by atoms with Gasteiger partial charge in [-0.2, -0.15) is 0 Å². The highest BCUT2D eigenvalue weighted by molar-refractivity contribution is 8.13. The van der Waals surface area contributed by atoms with E-state index in [9.17, 15) is 4.79 Å². The van der Waals surface area contributed by atoms with Gasteiger partial charge in [0.05, 0.1) is 18.7 Å². The summed E-state index contributed by atoms with van der Waals surface area (Å²) < 4.78 is 5.62. The van der Waals surface area contributed by atoms with Crippen LogP contribution in [0.1, 0.15) is 34.0 Å². The van der Waals surface area contributed by atoms with Crippen molar-refractivity contribution < 1.29 is 9.53 Å². The maximum Gasteiger partial charge on any atom is 0.263 e. The number of aliphatic imine (C=N–C) groups is 1. The minimum Gasteiger partial charge on any atom is -0.493 e. The van der Waals surface area contributed by atoms with E-state index in [-0.39, 0.29) is 5.91 Å². The molecule has 0 aliphatic carbocycles. The zero-order valence-electron chi connectivity index (χ0n) is 15.5. The van der Waals surface area contributed by atoms with E-state index in [1.54, 1.807) is 16.7 Å². The minimum atomic E-state index is -0.0428. The van der Waals surface area contributed by atoms with Crippen LogP contribution in [0.4, 0.5) is 0 Å². The number of thioether (sulfide) groups is 1. The Morgan fingerprint density at radius 2 is 2.04 bits per heavy atom. The molecule has 26 heavy (non-hydrogen) atoms. The SMILES string of the molecule is CCOc1ccccc1C(=O)N1CCN=C1SCc1cc(C)ccc1C. The number of amidine groups is 1. The molecule has 0 fully saturated rings. The molecular formula is C21H24N2O2S. The zero-order chi connectivity index (χ0) is 18.5. The van der Waals surface area contributed by atoms with Gasteiger partial charge in [0.2, 0.25) is 0 Å². The van der Waals surface area contributed by atoms with Gasteiger partial charge in [-0.25, -0.2) is 0 Å². The van der Waals surface area contributed by atoms with Crippen LogP contribution in [0.5, 0.6) is 5.75 Å². The molecule has 0 bridgehead atoms. The number of hydrogen-bond donors (Lipinski definition) is 0. The number of rotatable bonds is 5. The molecule has 0 spiro atoms. The first-order valence-electron chi connectivity index (χ1n) is 8.87. The van der Waals surface area contributed by atoms with Crippen LogP contribution < -0.4 is 4.74 Å². The third-order valence-corrected chi connectivity index (χ3v) is 5.39. The Morgan fingerprint density at radius 1 is 1.23 bits per heavy atom. The second-order valence-corrected chi connectivity index (χ2v) is 7.21. The fourth-order valence-electron chi connectivity index (χ4n) is 2.91. The van der Waals surface area contributed by atoms with E-state index >= 15 is 0 Å². The fraction of sp³-hybridized carbons (Fsp3) is 0.333. The Hall–Kier alpha value is -2.27. The molecular weight excluding hydrogens is 344 g/mol. The number of aryl methyl sites for hydroxylation is 2. The predicted molar refractivity (Wildman–Crippen MR) is 108 cm³/mol. The molecule has 2 aromatic carbocycles. The van der Waals surface area contributed by atoms with Crippen LogP contribution in [0.2, 0.25) is 0 Å². The van der Waals surface area contributed by atoms with Crippen molar-refractivity contribution in [1.29, 1.82) is 0 Å². The van der Waals surface area contributed by atoms with Crippen molar-refractivity contribution >= 4 is 22.8 Å². The largest absolute Gasteiger partial charge is 0.493 e. The van der Waals surface area contributed by atoms with E-state index in [0.717, 1.165) is 10.9 Å². The van der Waals surface area contributed by atoms with Gasteiger partial charge in [0.15, 0.2) is 5.17 Å². The molecule has 0 unspecified atom stereocenters. The first kappa shape index (κ1) is 18.5. The molecule has 1 heterocycles. The highest BCUT2D eigenvalue weighted by Crippen LogP contribution is 2.26. The van der Waals surface area contributed by atoms with E-state index in [1.165, 1.54) is 16.7 Å². The van der Waals surface area contributed by atoms with Crippen LogP contribution in [0.3, 0.4) is 0 Å². The quantitative estimate of drug-likeness (QED) is 0.783. The number of ether oxygens (including phenoxy) is 1. The molecule has 0 saturated carbocycles. The number of carbonyl (C=O) groups is 1. The summed E-state index contributed by atoms with van der Waals surface area (Å²) in [6.45, 7) is 7.94. The molecule has 5 heteroatoms. The van der Waals surface area contributed by atoms with Crippen molar-refractivity contribution in [1.82, 2.24) is 4.90 Å². The predicted octanol–water partition coefficient (Wildman–Crippen LogP) is 4.45. The fourth-order valence-corrected chi connectivity index (χ4v) is 4.01. The summed E-state index contributed by atoms with van der Waals surface area (Å²) in [6.07, 6.45) is 0. The van der Waals surface area contributed by atoms with Gasteiger partial charge < -0.3 is 4.74 Å². The van der Waals surface area contributed by atoms with E-state index in [1.807, 2.05) is 31.2 Å². The van der Waals surface area contributed by atoms with Gasteiger partial charge >= 0.3 is 0 Å². The highest BCUT2D eigenvalue weighted by Gasteiger charge is 2.27. The number of para-hydroxylation sites is 1. The molecule has 0 aromatic heterocycles. The van der Waals surface area contributed by atoms with Crippen molar-refractivity contribution in [3.8, 4) is 5.75 Å². The first-order valence-corrected chi connectivity index (χ1v) is 9.85. The van der Waals surface area contributed by atoms with Crippen LogP contribution in [0, 0.1) is 13.8 Å². The minimum absolute atomic E-state index is 0.0428. The van der Waals surface area contributed by atoms with Crippen LogP contribution in [0.25, 0.3) is 0 Å². The van der Waals surface area contributed by atoms with Gasteiger partial charge in [-0.3, -0.25) is 14.7 Å². The van der Waals surface area contributed by atoms with E-state index < -0.39 is 0 Å². The number of nitrogens with zero attached hydrogens (tertiary/aromatic N) is 2. The van der Waals surface area contributed by atoms with Gasteiger partial charge in [0.1, 0.15) is 5.75 Å². The summed E-state index contributed by atoms with van der Waals surface area (Å²) in [6, 6.07) is 13.9. The van der Waals surface area contributed by atoms with Gasteiger partial charge in [-0.1, -0.05) is 47.7 Å². The Balaban J connectivity index is 1.74. The topological polar surface area (TPSA) is 41.9 Å². The average molecular weight is 369 g/mol. The maximum atomic E-state index is 13.0. The lowest BCUT2D eigenvalue weighted by atomic mass is 10.1. The van der Waals surface area contributed by atoms with Gasteiger partial charge in [0.25, 0.3) is 5.91 Å². The van der Waals surface area contributed by atoms with Gasteiger partial charge in [-0.15, -0.1) is 0 Å². The molecule has 0 N–H and O–H groups in total. The smallest absolute Gasteiger partial charge is 0.263 e. The van der Waals surface area contributed by atoms with Crippen molar-refractivity contribution in [2.24, 2.45) is 4.99 Å². The Morgan fingerprint density at radius 3 is 2.85 bits per heavy atom. The molecule has 2 aromatic rings. The Bertz CT molecular complexity index is 833. The summed E-state index contributed by atoms with van der Waals surface area (Å²) in [5.41, 5.74) is 4.39. The van der Waals surface area contributed by atoms with Crippen molar-refractivity contribution in [3.05, 3.63) is 64.7 Å². The zero-order valence-corrected chi connectivity index (χ0v) is 16.3. The molecule has 0 radical (unpaired) electrons. The molecule has 4 nitrogen and oxygen atoms in total. The monoisotopic (exact) mass is 368 g/mol. The third-order valence-electron chi connectivity index (χ3n) is 4.33. The first-order chi connectivity index (χ1) is 12.6. The molecule has 0 saturated heterocycles. The highest BCUT2D eigenvalue weighted by atomic mass is 32.2. The lowest BCUT2D eigenvalue weighted by molar-refractivity contribution is 0.0856.